The van der Waals surface area contributed by atoms with E-state index in [9.17, 15) is 5.11 Å². The van der Waals surface area contributed by atoms with Crippen molar-refractivity contribution in [1.82, 2.24) is 0 Å². The van der Waals surface area contributed by atoms with Crippen LogP contribution in [0.1, 0.15) is 19.4 Å². The van der Waals surface area contributed by atoms with Gasteiger partial charge in [0.1, 0.15) is 11.5 Å². The van der Waals surface area contributed by atoms with E-state index in [-0.39, 0.29) is 24.4 Å². The minimum Gasteiger partial charge on any atom is -0.497 e. The predicted octanol–water partition coefficient (Wildman–Crippen LogP) is 3.85. The first kappa shape index (κ1) is 19.2. The first-order valence-corrected chi connectivity index (χ1v) is 9.86. The highest BCUT2D eigenvalue weighted by molar-refractivity contribution is 5.31. The van der Waals surface area contributed by atoms with Crippen molar-refractivity contribution < 1.29 is 24.1 Å². The second-order valence-electron chi connectivity index (χ2n) is 7.81. The van der Waals surface area contributed by atoms with Crippen LogP contribution in [0.25, 0.3) is 0 Å². The number of methoxy groups -OCH3 is 1. The number of aliphatic hydroxyl groups is 1. The number of rotatable bonds is 7. The summed E-state index contributed by atoms with van der Waals surface area (Å²) in [5.74, 6) is 1.27. The molecule has 0 bridgehead atoms. The van der Waals surface area contributed by atoms with Crippen LogP contribution in [0.4, 0.5) is 0 Å². The Balaban J connectivity index is 1.52. The average Bonchev–Trinajstić information content (AvgIpc) is 2.96. The van der Waals surface area contributed by atoms with Gasteiger partial charge in [0.05, 0.1) is 20.3 Å². The fourth-order valence-corrected chi connectivity index (χ4v) is 4.80. The lowest BCUT2D eigenvalue weighted by Gasteiger charge is -2.55. The summed E-state index contributed by atoms with van der Waals surface area (Å²) in [5.41, 5.74) is 1.09. The van der Waals surface area contributed by atoms with Gasteiger partial charge in [0, 0.05) is 17.8 Å². The molecule has 6 atom stereocenters. The van der Waals surface area contributed by atoms with Crippen LogP contribution in [-0.4, -0.2) is 30.9 Å². The van der Waals surface area contributed by atoms with Gasteiger partial charge in [0.15, 0.2) is 5.79 Å². The van der Waals surface area contributed by atoms with E-state index < -0.39 is 12.1 Å². The third-order valence-corrected chi connectivity index (χ3v) is 6.29. The zero-order valence-corrected chi connectivity index (χ0v) is 16.6. The van der Waals surface area contributed by atoms with Crippen LogP contribution in [0.15, 0.2) is 54.6 Å². The standard InChI is InChI=1S/C23H28O5/c1-15-20(13-24)23(26-14-17-7-5-4-6-8-17)21(15)16(2)22(28-23)27-19-11-9-18(25-3)10-12-19/h4-12,15-16,20-22,24H,13-14H2,1-3H3. The fourth-order valence-electron chi connectivity index (χ4n) is 4.80. The molecule has 150 valence electrons. The predicted molar refractivity (Wildman–Crippen MR) is 105 cm³/mol. The Bertz CT molecular complexity index is 777. The van der Waals surface area contributed by atoms with E-state index >= 15 is 0 Å². The van der Waals surface area contributed by atoms with Gasteiger partial charge in [-0.1, -0.05) is 44.2 Å². The Morgan fingerprint density at radius 1 is 0.964 bits per heavy atom. The zero-order chi connectivity index (χ0) is 19.7. The molecule has 0 radical (unpaired) electrons. The van der Waals surface area contributed by atoms with E-state index in [0.29, 0.717) is 12.5 Å². The molecule has 1 aliphatic heterocycles. The minimum absolute atomic E-state index is 0.0361. The molecule has 5 heteroatoms. The van der Waals surface area contributed by atoms with Crippen molar-refractivity contribution in [3.05, 3.63) is 60.2 Å². The molecule has 2 aromatic carbocycles. The van der Waals surface area contributed by atoms with Crippen molar-refractivity contribution in [3.63, 3.8) is 0 Å². The van der Waals surface area contributed by atoms with Crippen LogP contribution in [-0.2, 0) is 16.1 Å². The van der Waals surface area contributed by atoms with Gasteiger partial charge in [0.2, 0.25) is 6.29 Å². The van der Waals surface area contributed by atoms with E-state index in [1.54, 1.807) is 7.11 Å². The van der Waals surface area contributed by atoms with E-state index in [2.05, 4.69) is 13.8 Å². The summed E-state index contributed by atoms with van der Waals surface area (Å²) < 4.78 is 24.1. The number of hydrogen-bond acceptors (Lipinski definition) is 5. The quantitative estimate of drug-likeness (QED) is 0.786. The monoisotopic (exact) mass is 384 g/mol. The van der Waals surface area contributed by atoms with E-state index in [1.165, 1.54) is 0 Å². The molecule has 0 amide bonds. The molecular weight excluding hydrogens is 356 g/mol. The van der Waals surface area contributed by atoms with E-state index in [0.717, 1.165) is 17.1 Å². The molecule has 6 unspecified atom stereocenters. The second-order valence-corrected chi connectivity index (χ2v) is 7.81. The van der Waals surface area contributed by atoms with Crippen molar-refractivity contribution in [2.24, 2.45) is 23.7 Å². The van der Waals surface area contributed by atoms with Crippen LogP contribution in [0.2, 0.25) is 0 Å². The molecule has 1 saturated carbocycles. The fraction of sp³-hybridized carbons (Fsp3) is 0.478. The maximum atomic E-state index is 9.97. The number of benzene rings is 2. The van der Waals surface area contributed by atoms with Crippen molar-refractivity contribution in [1.29, 1.82) is 0 Å². The molecule has 2 aromatic rings. The maximum Gasteiger partial charge on any atom is 0.205 e. The molecule has 1 heterocycles. The average molecular weight is 384 g/mol. The van der Waals surface area contributed by atoms with Crippen molar-refractivity contribution in [3.8, 4) is 11.5 Å². The lowest BCUT2D eigenvalue weighted by Crippen LogP contribution is -2.63. The maximum absolute atomic E-state index is 9.97. The molecule has 1 aliphatic carbocycles. The third kappa shape index (κ3) is 3.17. The lowest BCUT2D eigenvalue weighted by atomic mass is 9.57. The summed E-state index contributed by atoms with van der Waals surface area (Å²) in [7, 11) is 1.64. The Kier molecular flexibility index (Phi) is 5.32. The first-order valence-electron chi connectivity index (χ1n) is 9.86. The summed E-state index contributed by atoms with van der Waals surface area (Å²) in [4.78, 5) is 0. The molecule has 5 nitrogen and oxygen atoms in total. The van der Waals surface area contributed by atoms with Crippen LogP contribution in [0.5, 0.6) is 11.5 Å². The molecule has 0 spiro atoms. The zero-order valence-electron chi connectivity index (χ0n) is 16.6. The number of ether oxygens (including phenoxy) is 4. The molecule has 1 saturated heterocycles. The summed E-state index contributed by atoms with van der Waals surface area (Å²) in [6.45, 7) is 4.78. The summed E-state index contributed by atoms with van der Waals surface area (Å²) in [6.07, 6.45) is -0.423. The highest BCUT2D eigenvalue weighted by Crippen LogP contribution is 2.61. The van der Waals surface area contributed by atoms with Gasteiger partial charge >= 0.3 is 0 Å². The van der Waals surface area contributed by atoms with Gasteiger partial charge < -0.3 is 24.1 Å². The smallest absolute Gasteiger partial charge is 0.205 e. The van der Waals surface area contributed by atoms with Gasteiger partial charge in [-0.15, -0.1) is 0 Å². The Hall–Kier alpha value is -2.08. The van der Waals surface area contributed by atoms with Crippen molar-refractivity contribution >= 4 is 0 Å². The molecule has 0 aromatic heterocycles. The van der Waals surface area contributed by atoms with Gasteiger partial charge in [0.25, 0.3) is 0 Å². The Labute approximate surface area is 166 Å². The topological polar surface area (TPSA) is 57.2 Å². The van der Waals surface area contributed by atoms with E-state index in [4.69, 9.17) is 18.9 Å². The molecular formula is C23H28O5. The highest BCUT2D eigenvalue weighted by Gasteiger charge is 2.70. The van der Waals surface area contributed by atoms with Gasteiger partial charge in [-0.3, -0.25) is 0 Å². The van der Waals surface area contributed by atoms with Crippen molar-refractivity contribution in [2.75, 3.05) is 13.7 Å². The minimum atomic E-state index is -0.805. The summed E-state index contributed by atoms with van der Waals surface area (Å²) in [6, 6.07) is 17.5. The second kappa shape index (κ2) is 7.74. The van der Waals surface area contributed by atoms with Gasteiger partial charge in [-0.25, -0.2) is 0 Å². The van der Waals surface area contributed by atoms with E-state index in [1.807, 2.05) is 54.6 Å². The number of aliphatic hydroxyl groups excluding tert-OH is 1. The summed E-state index contributed by atoms with van der Waals surface area (Å²) in [5, 5.41) is 9.97. The highest BCUT2D eigenvalue weighted by atomic mass is 16.8. The molecule has 4 rings (SSSR count). The van der Waals surface area contributed by atoms with Gasteiger partial charge in [-0.2, -0.15) is 0 Å². The number of fused-ring (bicyclic) bond motifs is 1. The Morgan fingerprint density at radius 3 is 2.29 bits per heavy atom. The SMILES string of the molecule is COc1ccc(OC2OC3(OCc4ccccc4)C(CO)C(C)C3C2C)cc1. The van der Waals surface area contributed by atoms with Crippen LogP contribution in [0, 0.1) is 23.7 Å². The largest absolute Gasteiger partial charge is 0.497 e. The molecule has 28 heavy (non-hydrogen) atoms. The normalized spacial score (nSPS) is 33.8. The van der Waals surface area contributed by atoms with Gasteiger partial charge in [-0.05, 0) is 35.7 Å². The van der Waals surface area contributed by atoms with Crippen LogP contribution < -0.4 is 9.47 Å². The first-order chi connectivity index (χ1) is 13.6. The lowest BCUT2D eigenvalue weighted by molar-refractivity contribution is -0.359. The van der Waals surface area contributed by atoms with Crippen LogP contribution >= 0.6 is 0 Å². The molecule has 1 N–H and O–H groups in total. The summed E-state index contributed by atoms with van der Waals surface area (Å²) >= 11 is 0. The molecule has 2 fully saturated rings. The van der Waals surface area contributed by atoms with Crippen LogP contribution in [0.3, 0.4) is 0 Å². The number of hydrogen-bond donors (Lipinski definition) is 1. The molecule has 2 aliphatic rings. The third-order valence-electron chi connectivity index (χ3n) is 6.29. The van der Waals surface area contributed by atoms with Crippen molar-refractivity contribution in [2.45, 2.75) is 32.5 Å². The Morgan fingerprint density at radius 2 is 1.64 bits per heavy atom.